The lowest BCUT2D eigenvalue weighted by Crippen LogP contribution is -2.46. The monoisotopic (exact) mass is 458 g/mol. The van der Waals surface area contributed by atoms with Crippen LogP contribution in [-0.2, 0) is 18.4 Å². The summed E-state index contributed by atoms with van der Waals surface area (Å²) in [4.78, 5) is 14.7. The zero-order valence-corrected chi connectivity index (χ0v) is 18.6. The molecule has 1 aliphatic heterocycles. The van der Waals surface area contributed by atoms with Crippen LogP contribution in [0.3, 0.4) is 0 Å². The second-order valence-electron chi connectivity index (χ2n) is 8.55. The Labute approximate surface area is 195 Å². The third-order valence-electron chi connectivity index (χ3n) is 6.15. The van der Waals surface area contributed by atoms with Crippen LogP contribution < -0.4 is 5.73 Å². The molecule has 10 heteroatoms. The van der Waals surface area contributed by atoms with Crippen molar-refractivity contribution in [1.82, 2.24) is 29.7 Å². The summed E-state index contributed by atoms with van der Waals surface area (Å²) in [5.74, 6) is -0.686. The maximum atomic E-state index is 14.4. The number of nitrogens with two attached hydrogens (primary N) is 1. The van der Waals surface area contributed by atoms with Crippen LogP contribution in [0.2, 0.25) is 0 Å². The molecule has 1 atom stereocenters. The number of piperidine rings is 1. The van der Waals surface area contributed by atoms with Gasteiger partial charge >= 0.3 is 0 Å². The second kappa shape index (κ2) is 8.68. The lowest BCUT2D eigenvalue weighted by Gasteiger charge is -2.30. The van der Waals surface area contributed by atoms with Gasteiger partial charge in [0.15, 0.2) is 0 Å². The van der Waals surface area contributed by atoms with E-state index in [1.54, 1.807) is 26.5 Å². The van der Waals surface area contributed by atoms with E-state index in [-0.39, 0.29) is 24.1 Å². The summed E-state index contributed by atoms with van der Waals surface area (Å²) >= 11 is 0. The standard InChI is InChI=1S/C24H23FN8O/c1-31-22-7-6-15(10-21(22)28-30-31)19-13-33(14-23(34)32-8-2-3-18(27)12-32)29-24(19)16-4-5-17(11-26)20(25)9-16/h4-7,9-10,13,18H,2-3,8,12,14,27H2,1H3. The predicted molar refractivity (Wildman–Crippen MR) is 124 cm³/mol. The molecule has 0 bridgehead atoms. The Morgan fingerprint density at radius 2 is 2.09 bits per heavy atom. The Morgan fingerprint density at radius 1 is 1.26 bits per heavy atom. The van der Waals surface area contributed by atoms with Gasteiger partial charge in [0.1, 0.15) is 29.6 Å². The number of carbonyl (C=O) groups is 1. The summed E-state index contributed by atoms with van der Waals surface area (Å²) in [6, 6.07) is 11.9. The molecule has 172 valence electrons. The van der Waals surface area contributed by atoms with Gasteiger partial charge in [-0.1, -0.05) is 17.3 Å². The number of fused-ring (bicyclic) bond motifs is 1. The minimum Gasteiger partial charge on any atom is -0.340 e. The van der Waals surface area contributed by atoms with Crippen molar-refractivity contribution < 1.29 is 9.18 Å². The Morgan fingerprint density at radius 3 is 2.85 bits per heavy atom. The Bertz CT molecular complexity index is 1430. The van der Waals surface area contributed by atoms with Crippen molar-refractivity contribution in [2.24, 2.45) is 12.8 Å². The van der Waals surface area contributed by atoms with Crippen LogP contribution in [0, 0.1) is 17.1 Å². The number of aromatic nitrogens is 5. The maximum absolute atomic E-state index is 14.4. The van der Waals surface area contributed by atoms with Gasteiger partial charge in [0.2, 0.25) is 5.91 Å². The van der Waals surface area contributed by atoms with E-state index in [1.807, 2.05) is 31.3 Å². The number of amides is 1. The van der Waals surface area contributed by atoms with Crippen molar-refractivity contribution in [2.45, 2.75) is 25.4 Å². The average Bonchev–Trinajstić information content (AvgIpc) is 3.42. The first kappa shape index (κ1) is 21.7. The van der Waals surface area contributed by atoms with Crippen LogP contribution in [0.25, 0.3) is 33.4 Å². The third kappa shape index (κ3) is 4.02. The lowest BCUT2D eigenvalue weighted by molar-refractivity contribution is -0.133. The molecule has 3 heterocycles. The molecule has 1 saturated heterocycles. The molecule has 4 aromatic rings. The molecule has 2 aromatic carbocycles. The molecule has 1 aliphatic rings. The molecular weight excluding hydrogens is 435 g/mol. The van der Waals surface area contributed by atoms with E-state index in [4.69, 9.17) is 11.0 Å². The van der Waals surface area contributed by atoms with Crippen molar-refractivity contribution in [3.63, 3.8) is 0 Å². The number of rotatable bonds is 4. The largest absolute Gasteiger partial charge is 0.340 e. The van der Waals surface area contributed by atoms with E-state index >= 15 is 0 Å². The number of aryl methyl sites for hydroxylation is 1. The molecule has 1 amide bonds. The average molecular weight is 459 g/mol. The fourth-order valence-electron chi connectivity index (χ4n) is 4.36. The quantitative estimate of drug-likeness (QED) is 0.502. The van der Waals surface area contributed by atoms with E-state index < -0.39 is 5.82 Å². The highest BCUT2D eigenvalue weighted by Crippen LogP contribution is 2.33. The summed E-state index contributed by atoms with van der Waals surface area (Å²) in [5.41, 5.74) is 10.1. The summed E-state index contributed by atoms with van der Waals surface area (Å²) < 4.78 is 17.7. The van der Waals surface area contributed by atoms with Crippen molar-refractivity contribution in [2.75, 3.05) is 13.1 Å². The fraction of sp³-hybridized carbons (Fsp3) is 0.292. The van der Waals surface area contributed by atoms with Crippen molar-refractivity contribution in [1.29, 1.82) is 5.26 Å². The maximum Gasteiger partial charge on any atom is 0.244 e. The van der Waals surface area contributed by atoms with Gasteiger partial charge in [-0.05, 0) is 42.7 Å². The Hall–Kier alpha value is -4.10. The second-order valence-corrected chi connectivity index (χ2v) is 8.55. The number of hydrogen-bond donors (Lipinski definition) is 1. The minimum absolute atomic E-state index is 0.0122. The first-order valence-corrected chi connectivity index (χ1v) is 11.0. The number of nitrogens with zero attached hydrogens (tertiary/aromatic N) is 7. The van der Waals surface area contributed by atoms with E-state index in [2.05, 4.69) is 15.4 Å². The molecule has 0 spiro atoms. The summed E-state index contributed by atoms with van der Waals surface area (Å²) in [6.07, 6.45) is 3.57. The summed E-state index contributed by atoms with van der Waals surface area (Å²) in [6.45, 7) is 1.26. The molecule has 2 aromatic heterocycles. The topological polar surface area (TPSA) is 119 Å². The first-order valence-electron chi connectivity index (χ1n) is 11.0. The van der Waals surface area contributed by atoms with Crippen molar-refractivity contribution in [3.05, 3.63) is 54.0 Å². The molecule has 9 nitrogen and oxygen atoms in total. The summed E-state index contributed by atoms with van der Waals surface area (Å²) in [7, 11) is 1.82. The van der Waals surface area contributed by atoms with Gasteiger partial charge in [0, 0.05) is 43.5 Å². The number of carbonyl (C=O) groups excluding carboxylic acids is 1. The zero-order chi connectivity index (χ0) is 23.8. The molecule has 34 heavy (non-hydrogen) atoms. The van der Waals surface area contributed by atoms with Crippen LogP contribution in [0.1, 0.15) is 18.4 Å². The SMILES string of the molecule is Cn1nnc2cc(-c3cn(CC(=O)N4CCCC(N)C4)nc3-c3ccc(C#N)c(F)c3)ccc21. The number of benzene rings is 2. The molecule has 0 aliphatic carbocycles. The van der Waals surface area contributed by atoms with Gasteiger partial charge in [-0.25, -0.2) is 9.07 Å². The highest BCUT2D eigenvalue weighted by Gasteiger charge is 2.23. The van der Waals surface area contributed by atoms with Gasteiger partial charge in [0.25, 0.3) is 0 Å². The van der Waals surface area contributed by atoms with Gasteiger partial charge in [-0.15, -0.1) is 5.10 Å². The molecule has 1 fully saturated rings. The normalized spacial score (nSPS) is 16.1. The number of nitriles is 1. The van der Waals surface area contributed by atoms with Crippen LogP contribution in [0.5, 0.6) is 0 Å². The van der Waals surface area contributed by atoms with Crippen LogP contribution in [0.15, 0.2) is 42.6 Å². The van der Waals surface area contributed by atoms with Crippen molar-refractivity contribution in [3.8, 4) is 28.5 Å². The van der Waals surface area contributed by atoms with Gasteiger partial charge in [-0.3, -0.25) is 9.48 Å². The lowest BCUT2D eigenvalue weighted by atomic mass is 10.0. The number of hydrogen-bond acceptors (Lipinski definition) is 6. The molecule has 5 rings (SSSR count). The van der Waals surface area contributed by atoms with Crippen molar-refractivity contribution >= 4 is 16.9 Å². The number of likely N-dealkylation sites (tertiary alicyclic amines) is 1. The first-order chi connectivity index (χ1) is 16.4. The highest BCUT2D eigenvalue weighted by molar-refractivity contribution is 5.87. The molecule has 1 unspecified atom stereocenters. The van der Waals surface area contributed by atoms with Gasteiger partial charge < -0.3 is 10.6 Å². The molecule has 0 saturated carbocycles. The highest BCUT2D eigenvalue weighted by atomic mass is 19.1. The fourth-order valence-corrected chi connectivity index (χ4v) is 4.36. The van der Waals surface area contributed by atoms with E-state index in [0.717, 1.165) is 29.5 Å². The number of halogens is 1. The van der Waals surface area contributed by atoms with Crippen LogP contribution in [-0.4, -0.2) is 54.7 Å². The van der Waals surface area contributed by atoms with E-state index in [1.165, 1.54) is 12.1 Å². The Balaban J connectivity index is 1.55. The molecule has 2 N–H and O–H groups in total. The van der Waals surface area contributed by atoms with E-state index in [0.29, 0.717) is 29.9 Å². The Kier molecular flexibility index (Phi) is 5.55. The predicted octanol–water partition coefficient (Wildman–Crippen LogP) is 2.46. The van der Waals surface area contributed by atoms with Gasteiger partial charge in [-0.2, -0.15) is 10.4 Å². The third-order valence-corrected chi connectivity index (χ3v) is 6.15. The zero-order valence-electron chi connectivity index (χ0n) is 18.6. The molecule has 0 radical (unpaired) electrons. The molecular formula is C24H23FN8O. The minimum atomic E-state index is -0.622. The smallest absolute Gasteiger partial charge is 0.244 e. The summed E-state index contributed by atoms with van der Waals surface area (Å²) in [5, 5.41) is 22.0. The van der Waals surface area contributed by atoms with E-state index in [9.17, 15) is 9.18 Å². The van der Waals surface area contributed by atoms with Gasteiger partial charge in [0.05, 0.1) is 11.1 Å². The van der Waals surface area contributed by atoms with Crippen LogP contribution >= 0.6 is 0 Å². The van der Waals surface area contributed by atoms with Crippen LogP contribution in [0.4, 0.5) is 4.39 Å².